The van der Waals surface area contributed by atoms with Gasteiger partial charge in [0.2, 0.25) is 21.8 Å². The van der Waals surface area contributed by atoms with Crippen LogP contribution < -0.4 is 9.62 Å². The number of sulfonamides is 1. The Labute approximate surface area is 189 Å². The van der Waals surface area contributed by atoms with Gasteiger partial charge in [-0.25, -0.2) is 12.8 Å². The molecule has 9 heteroatoms. The Morgan fingerprint density at radius 1 is 1.03 bits per heavy atom. The topological polar surface area (TPSA) is 86.8 Å². The number of nitrogens with one attached hydrogen (secondary N) is 1. The largest absolute Gasteiger partial charge is 0.352 e. The molecule has 0 saturated heterocycles. The highest BCUT2D eigenvalue weighted by molar-refractivity contribution is 7.92. The monoisotopic (exact) mass is 463 g/mol. The van der Waals surface area contributed by atoms with Gasteiger partial charge in [-0.05, 0) is 50.1 Å². The Morgan fingerprint density at radius 2 is 1.62 bits per heavy atom. The number of hydrogen-bond donors (Lipinski definition) is 1. The van der Waals surface area contributed by atoms with Gasteiger partial charge in [-0.1, -0.05) is 37.3 Å². The minimum Gasteiger partial charge on any atom is -0.352 e. The molecule has 0 aliphatic carbocycles. The van der Waals surface area contributed by atoms with Crippen molar-refractivity contribution in [2.75, 3.05) is 17.1 Å². The second kappa shape index (κ2) is 11.1. The van der Waals surface area contributed by atoms with Crippen LogP contribution >= 0.6 is 0 Å². The van der Waals surface area contributed by atoms with E-state index in [9.17, 15) is 22.4 Å². The van der Waals surface area contributed by atoms with Gasteiger partial charge in [0, 0.05) is 12.6 Å². The highest BCUT2D eigenvalue weighted by Gasteiger charge is 2.31. The van der Waals surface area contributed by atoms with E-state index in [0.29, 0.717) is 6.42 Å². The molecule has 0 aromatic heterocycles. The lowest BCUT2D eigenvalue weighted by molar-refractivity contribution is -0.140. The maximum atomic E-state index is 13.4. The highest BCUT2D eigenvalue weighted by atomic mass is 32.2. The van der Waals surface area contributed by atoms with Crippen molar-refractivity contribution in [2.24, 2.45) is 0 Å². The SMILES string of the molecule is CC[C@H](C(=O)NC(C)C)N(Cc1ccccc1)C(=O)CN(c1ccc(F)cc1)S(C)(=O)=O. The van der Waals surface area contributed by atoms with Crippen LogP contribution in [0.5, 0.6) is 0 Å². The summed E-state index contributed by atoms with van der Waals surface area (Å²) in [5.41, 5.74) is 0.978. The molecule has 7 nitrogen and oxygen atoms in total. The minimum absolute atomic E-state index is 0.114. The molecular formula is C23H30FN3O4S. The van der Waals surface area contributed by atoms with Gasteiger partial charge in [0.1, 0.15) is 18.4 Å². The second-order valence-electron chi connectivity index (χ2n) is 7.84. The predicted octanol–water partition coefficient (Wildman–Crippen LogP) is 2.92. The molecule has 32 heavy (non-hydrogen) atoms. The summed E-state index contributed by atoms with van der Waals surface area (Å²) in [4.78, 5) is 27.6. The van der Waals surface area contributed by atoms with Crippen LogP contribution in [0.2, 0.25) is 0 Å². The normalized spacial score (nSPS) is 12.3. The molecule has 0 heterocycles. The summed E-state index contributed by atoms with van der Waals surface area (Å²) in [6.07, 6.45) is 1.33. The minimum atomic E-state index is -3.84. The van der Waals surface area contributed by atoms with Gasteiger partial charge >= 0.3 is 0 Å². The quantitative estimate of drug-likeness (QED) is 0.587. The number of rotatable bonds is 10. The average molecular weight is 464 g/mol. The Kier molecular flexibility index (Phi) is 8.77. The van der Waals surface area contributed by atoms with Crippen molar-refractivity contribution in [1.29, 1.82) is 0 Å². The fourth-order valence-corrected chi connectivity index (χ4v) is 4.15. The molecule has 0 radical (unpaired) electrons. The fraction of sp³-hybridized carbons (Fsp3) is 0.391. The highest BCUT2D eigenvalue weighted by Crippen LogP contribution is 2.20. The molecule has 1 N–H and O–H groups in total. The van der Waals surface area contributed by atoms with Crippen molar-refractivity contribution in [2.45, 2.75) is 45.8 Å². The van der Waals surface area contributed by atoms with Crippen molar-refractivity contribution < 1.29 is 22.4 Å². The smallest absolute Gasteiger partial charge is 0.244 e. The van der Waals surface area contributed by atoms with E-state index in [1.807, 2.05) is 44.2 Å². The van der Waals surface area contributed by atoms with Crippen molar-refractivity contribution in [3.8, 4) is 0 Å². The number of carbonyl (C=O) groups is 2. The molecular weight excluding hydrogens is 433 g/mol. The van der Waals surface area contributed by atoms with Gasteiger partial charge in [-0.2, -0.15) is 0 Å². The van der Waals surface area contributed by atoms with Crippen LogP contribution in [0.1, 0.15) is 32.8 Å². The van der Waals surface area contributed by atoms with Crippen molar-refractivity contribution in [1.82, 2.24) is 10.2 Å². The van der Waals surface area contributed by atoms with E-state index in [1.165, 1.54) is 17.0 Å². The summed E-state index contributed by atoms with van der Waals surface area (Å²) >= 11 is 0. The molecule has 2 amide bonds. The molecule has 0 fully saturated rings. The van der Waals surface area contributed by atoms with Crippen molar-refractivity contribution >= 4 is 27.5 Å². The Bertz CT molecular complexity index is 1010. The number of benzene rings is 2. The van der Waals surface area contributed by atoms with Crippen molar-refractivity contribution in [3.05, 3.63) is 66.0 Å². The summed E-state index contributed by atoms with van der Waals surface area (Å²) in [5.74, 6) is -1.36. The van der Waals surface area contributed by atoms with Crippen LogP contribution in [0.4, 0.5) is 10.1 Å². The maximum absolute atomic E-state index is 13.4. The first-order chi connectivity index (χ1) is 15.0. The molecule has 2 rings (SSSR count). The van der Waals surface area contributed by atoms with Crippen LogP contribution in [-0.4, -0.2) is 50.0 Å². The molecule has 2 aromatic rings. The number of hydrogen-bond acceptors (Lipinski definition) is 4. The number of anilines is 1. The Balaban J connectivity index is 2.40. The van der Waals surface area contributed by atoms with Gasteiger partial charge in [0.25, 0.3) is 0 Å². The van der Waals surface area contributed by atoms with Crippen LogP contribution in [-0.2, 0) is 26.2 Å². The summed E-state index contributed by atoms with van der Waals surface area (Å²) < 4.78 is 39.1. The van der Waals surface area contributed by atoms with Crippen molar-refractivity contribution in [3.63, 3.8) is 0 Å². The first-order valence-electron chi connectivity index (χ1n) is 10.4. The molecule has 0 unspecified atom stereocenters. The average Bonchev–Trinajstić information content (AvgIpc) is 2.72. The molecule has 174 valence electrons. The van der Waals surface area contributed by atoms with Gasteiger partial charge < -0.3 is 10.2 Å². The number of amides is 2. The van der Waals surface area contributed by atoms with E-state index in [2.05, 4.69) is 5.32 Å². The van der Waals surface area contributed by atoms with Gasteiger partial charge in [0.15, 0.2) is 0 Å². The lowest BCUT2D eigenvalue weighted by atomic mass is 10.1. The van der Waals surface area contributed by atoms with E-state index in [1.54, 1.807) is 6.92 Å². The van der Waals surface area contributed by atoms with E-state index in [4.69, 9.17) is 0 Å². The third-order valence-electron chi connectivity index (χ3n) is 4.81. The zero-order valence-electron chi connectivity index (χ0n) is 18.8. The molecule has 0 aliphatic heterocycles. The second-order valence-corrected chi connectivity index (χ2v) is 9.75. The predicted molar refractivity (Wildman–Crippen MR) is 123 cm³/mol. The molecule has 2 aromatic carbocycles. The lowest BCUT2D eigenvalue weighted by Gasteiger charge is -2.33. The lowest BCUT2D eigenvalue weighted by Crippen LogP contribution is -2.53. The van der Waals surface area contributed by atoms with E-state index < -0.39 is 34.3 Å². The Morgan fingerprint density at radius 3 is 2.12 bits per heavy atom. The van der Waals surface area contributed by atoms with E-state index in [0.717, 1.165) is 28.3 Å². The number of carbonyl (C=O) groups excluding carboxylic acids is 2. The summed E-state index contributed by atoms with van der Waals surface area (Å²) in [6.45, 7) is 5.08. The molecule has 0 bridgehead atoms. The first kappa shape index (κ1) is 25.3. The summed E-state index contributed by atoms with van der Waals surface area (Å²) in [5, 5.41) is 2.83. The standard InChI is InChI=1S/C23H30FN3O4S/c1-5-21(23(29)25-17(2)3)26(15-18-9-7-6-8-10-18)22(28)16-27(32(4,30)31)20-13-11-19(24)12-14-20/h6-14,17,21H,5,15-16H2,1-4H3,(H,25,29)/t21-/m1/s1. The first-order valence-corrected chi connectivity index (χ1v) is 12.2. The molecule has 0 aliphatic rings. The summed E-state index contributed by atoms with van der Waals surface area (Å²) in [6, 6.07) is 13.1. The van der Waals surface area contributed by atoms with Gasteiger partial charge in [0.05, 0.1) is 11.9 Å². The zero-order chi connectivity index (χ0) is 23.9. The van der Waals surface area contributed by atoms with Gasteiger partial charge in [-0.15, -0.1) is 0 Å². The van der Waals surface area contributed by atoms with Crippen LogP contribution in [0, 0.1) is 5.82 Å². The van der Waals surface area contributed by atoms with Crippen LogP contribution in [0.3, 0.4) is 0 Å². The number of nitrogens with zero attached hydrogens (tertiary/aromatic N) is 2. The molecule has 1 atom stereocenters. The summed E-state index contributed by atoms with van der Waals surface area (Å²) in [7, 11) is -3.84. The third-order valence-corrected chi connectivity index (χ3v) is 5.95. The third kappa shape index (κ3) is 7.05. The van der Waals surface area contributed by atoms with E-state index >= 15 is 0 Å². The molecule has 0 spiro atoms. The van der Waals surface area contributed by atoms with Gasteiger partial charge in [-0.3, -0.25) is 13.9 Å². The van der Waals surface area contributed by atoms with E-state index in [-0.39, 0.29) is 24.2 Å². The fourth-order valence-electron chi connectivity index (χ4n) is 3.30. The molecule has 0 saturated carbocycles. The van der Waals surface area contributed by atoms with Crippen LogP contribution in [0.25, 0.3) is 0 Å². The zero-order valence-corrected chi connectivity index (χ0v) is 19.6. The number of halogens is 1. The Hall–Kier alpha value is -2.94. The maximum Gasteiger partial charge on any atom is 0.244 e. The van der Waals surface area contributed by atoms with Crippen LogP contribution in [0.15, 0.2) is 54.6 Å².